The Kier molecular flexibility index (Phi) is 6.79. The summed E-state index contributed by atoms with van der Waals surface area (Å²) in [6, 6.07) is 11.1. The van der Waals surface area contributed by atoms with Gasteiger partial charge < -0.3 is 4.90 Å². The Labute approximate surface area is 183 Å². The molecule has 30 heavy (non-hydrogen) atoms. The summed E-state index contributed by atoms with van der Waals surface area (Å²) in [5.74, 6) is 1.01. The maximum Gasteiger partial charge on any atom is 0.168 e. The normalized spacial score (nSPS) is 16.2. The van der Waals surface area contributed by atoms with Crippen molar-refractivity contribution in [2.75, 3.05) is 31.1 Å². The minimum absolute atomic E-state index is 0.278. The molecule has 1 saturated heterocycles. The highest BCUT2D eigenvalue weighted by Gasteiger charge is 2.29. The van der Waals surface area contributed by atoms with Gasteiger partial charge >= 0.3 is 0 Å². The van der Waals surface area contributed by atoms with Crippen LogP contribution in [-0.4, -0.2) is 51.3 Å². The minimum atomic E-state index is 0.278. The highest BCUT2D eigenvalue weighted by Crippen LogP contribution is 2.29. The standard InChI is InChI=1S/C23H32N6S/c1-4-5-10-22(23-24-25-26-29(23)17-20-9-7-16-30-20)28-14-12-27(13-15-28)21-11-6-8-18(2)19(21)3/h6-9,11,16,22H,4-5,10,12-15,17H2,1-3H3/t22-/m0/s1. The third-order valence-corrected chi connectivity index (χ3v) is 7.11. The fraction of sp³-hybridized carbons (Fsp3) is 0.522. The van der Waals surface area contributed by atoms with Gasteiger partial charge in [0, 0.05) is 36.7 Å². The molecule has 0 aliphatic carbocycles. The predicted octanol–water partition coefficient (Wildman–Crippen LogP) is 4.45. The van der Waals surface area contributed by atoms with Crippen molar-refractivity contribution in [3.8, 4) is 0 Å². The van der Waals surface area contributed by atoms with Gasteiger partial charge in [-0.1, -0.05) is 38.0 Å². The van der Waals surface area contributed by atoms with Crippen LogP contribution < -0.4 is 4.90 Å². The second-order valence-electron chi connectivity index (χ2n) is 8.17. The third-order valence-electron chi connectivity index (χ3n) is 6.25. The van der Waals surface area contributed by atoms with Crippen molar-refractivity contribution in [1.29, 1.82) is 0 Å². The van der Waals surface area contributed by atoms with Crippen LogP contribution in [0.3, 0.4) is 0 Å². The van der Waals surface area contributed by atoms with Crippen molar-refractivity contribution in [1.82, 2.24) is 25.1 Å². The second-order valence-corrected chi connectivity index (χ2v) is 9.21. The molecule has 0 spiro atoms. The molecule has 1 aliphatic rings. The van der Waals surface area contributed by atoms with Crippen molar-refractivity contribution >= 4 is 17.0 Å². The van der Waals surface area contributed by atoms with E-state index in [2.05, 4.69) is 81.8 Å². The van der Waals surface area contributed by atoms with E-state index in [0.717, 1.165) is 45.0 Å². The molecule has 0 saturated carbocycles. The Balaban J connectivity index is 1.49. The average Bonchev–Trinajstić information content (AvgIpc) is 3.44. The fourth-order valence-corrected chi connectivity index (χ4v) is 5.02. The van der Waals surface area contributed by atoms with Crippen molar-refractivity contribution in [3.63, 3.8) is 0 Å². The molecule has 1 aromatic carbocycles. The van der Waals surface area contributed by atoms with Crippen LogP contribution in [0.5, 0.6) is 0 Å². The minimum Gasteiger partial charge on any atom is -0.369 e. The van der Waals surface area contributed by atoms with Gasteiger partial charge in [-0.25, -0.2) is 4.68 Å². The van der Waals surface area contributed by atoms with Gasteiger partial charge in [0.05, 0.1) is 12.6 Å². The number of piperazine rings is 1. The first-order valence-electron chi connectivity index (χ1n) is 11.0. The number of aryl methyl sites for hydroxylation is 1. The number of tetrazole rings is 1. The van der Waals surface area contributed by atoms with Gasteiger partial charge in [-0.05, 0) is 59.3 Å². The van der Waals surface area contributed by atoms with E-state index >= 15 is 0 Å². The van der Waals surface area contributed by atoms with Crippen molar-refractivity contribution < 1.29 is 0 Å². The Morgan fingerprint density at radius 2 is 1.90 bits per heavy atom. The van der Waals surface area contributed by atoms with Crippen LogP contribution in [0.25, 0.3) is 0 Å². The number of benzene rings is 1. The first-order chi connectivity index (χ1) is 14.7. The summed E-state index contributed by atoms with van der Waals surface area (Å²) < 4.78 is 2.00. The summed E-state index contributed by atoms with van der Waals surface area (Å²) in [7, 11) is 0. The summed E-state index contributed by atoms with van der Waals surface area (Å²) in [5.41, 5.74) is 4.14. The Hall–Kier alpha value is -2.25. The Morgan fingerprint density at radius 3 is 2.63 bits per heavy atom. The van der Waals surface area contributed by atoms with Gasteiger partial charge in [0.25, 0.3) is 0 Å². The lowest BCUT2D eigenvalue weighted by Crippen LogP contribution is -2.48. The van der Waals surface area contributed by atoms with E-state index in [1.165, 1.54) is 34.5 Å². The number of rotatable bonds is 8. The topological polar surface area (TPSA) is 50.1 Å². The first-order valence-corrected chi connectivity index (χ1v) is 11.9. The number of thiophene rings is 1. The van der Waals surface area contributed by atoms with E-state index in [9.17, 15) is 0 Å². The summed E-state index contributed by atoms with van der Waals surface area (Å²) >= 11 is 1.76. The van der Waals surface area contributed by atoms with Crippen molar-refractivity contribution in [2.24, 2.45) is 0 Å². The summed E-state index contributed by atoms with van der Waals surface area (Å²) in [6.45, 7) is 11.6. The molecule has 7 heteroatoms. The summed E-state index contributed by atoms with van der Waals surface area (Å²) in [4.78, 5) is 6.41. The van der Waals surface area contributed by atoms with Crippen LogP contribution >= 0.6 is 11.3 Å². The van der Waals surface area contributed by atoms with E-state index in [1.807, 2.05) is 4.68 Å². The number of nitrogens with zero attached hydrogens (tertiary/aromatic N) is 6. The predicted molar refractivity (Wildman–Crippen MR) is 123 cm³/mol. The summed E-state index contributed by atoms with van der Waals surface area (Å²) in [6.07, 6.45) is 3.48. The molecule has 6 nitrogen and oxygen atoms in total. The van der Waals surface area contributed by atoms with E-state index in [4.69, 9.17) is 0 Å². The van der Waals surface area contributed by atoms with Gasteiger partial charge in [0.15, 0.2) is 5.82 Å². The van der Waals surface area contributed by atoms with Crippen LogP contribution in [0.2, 0.25) is 0 Å². The number of aromatic nitrogens is 4. The molecule has 4 rings (SSSR count). The van der Waals surface area contributed by atoms with E-state index in [-0.39, 0.29) is 6.04 Å². The monoisotopic (exact) mass is 424 g/mol. The molecule has 3 aromatic rings. The van der Waals surface area contributed by atoms with E-state index in [1.54, 1.807) is 11.3 Å². The van der Waals surface area contributed by atoms with Crippen molar-refractivity contribution in [3.05, 3.63) is 57.5 Å². The zero-order valence-electron chi connectivity index (χ0n) is 18.3. The largest absolute Gasteiger partial charge is 0.369 e. The molecule has 0 unspecified atom stereocenters. The van der Waals surface area contributed by atoms with Crippen LogP contribution in [-0.2, 0) is 6.54 Å². The molecule has 1 aliphatic heterocycles. The molecule has 0 radical (unpaired) electrons. The Bertz CT molecular complexity index is 927. The zero-order valence-corrected chi connectivity index (χ0v) is 19.1. The maximum absolute atomic E-state index is 4.48. The van der Waals surface area contributed by atoms with Crippen molar-refractivity contribution in [2.45, 2.75) is 52.6 Å². The number of hydrogen-bond donors (Lipinski definition) is 0. The van der Waals surface area contributed by atoms with Gasteiger partial charge in [0.2, 0.25) is 0 Å². The van der Waals surface area contributed by atoms with E-state index in [0.29, 0.717) is 0 Å². The van der Waals surface area contributed by atoms with Gasteiger partial charge in [-0.15, -0.1) is 16.4 Å². The number of anilines is 1. The lowest BCUT2D eigenvalue weighted by atomic mass is 10.0. The first kappa shape index (κ1) is 21.0. The number of unbranched alkanes of at least 4 members (excludes halogenated alkanes) is 1. The molecule has 1 atom stereocenters. The third kappa shape index (κ3) is 4.57. The fourth-order valence-electron chi connectivity index (χ4n) is 4.34. The molecule has 0 bridgehead atoms. The second kappa shape index (κ2) is 9.71. The molecular formula is C23H32N6S. The Morgan fingerprint density at radius 1 is 1.07 bits per heavy atom. The quantitative estimate of drug-likeness (QED) is 0.535. The molecule has 1 fully saturated rings. The van der Waals surface area contributed by atoms with Gasteiger partial charge in [0.1, 0.15) is 0 Å². The molecule has 3 heterocycles. The lowest BCUT2D eigenvalue weighted by molar-refractivity contribution is 0.163. The molecule has 0 amide bonds. The molecule has 2 aromatic heterocycles. The maximum atomic E-state index is 4.48. The average molecular weight is 425 g/mol. The zero-order chi connectivity index (χ0) is 20.9. The molecular weight excluding hydrogens is 392 g/mol. The van der Waals surface area contributed by atoms with Gasteiger partial charge in [-0.3, -0.25) is 4.90 Å². The molecule has 0 N–H and O–H groups in total. The van der Waals surface area contributed by atoms with Crippen LogP contribution in [0.15, 0.2) is 35.7 Å². The van der Waals surface area contributed by atoms with Crippen LogP contribution in [0.1, 0.15) is 54.1 Å². The van der Waals surface area contributed by atoms with Crippen LogP contribution in [0, 0.1) is 13.8 Å². The SMILES string of the molecule is CCCC[C@@H](c1nnnn1Cc1cccs1)N1CCN(c2cccc(C)c2C)CC1. The lowest BCUT2D eigenvalue weighted by Gasteiger charge is -2.40. The van der Waals surface area contributed by atoms with Crippen LogP contribution in [0.4, 0.5) is 5.69 Å². The smallest absolute Gasteiger partial charge is 0.168 e. The highest BCUT2D eigenvalue weighted by molar-refractivity contribution is 7.09. The summed E-state index contributed by atoms with van der Waals surface area (Å²) in [5, 5.41) is 15.0. The molecule has 160 valence electrons. The highest BCUT2D eigenvalue weighted by atomic mass is 32.1. The number of hydrogen-bond acceptors (Lipinski definition) is 6. The van der Waals surface area contributed by atoms with Gasteiger partial charge in [-0.2, -0.15) is 0 Å². The van der Waals surface area contributed by atoms with E-state index < -0.39 is 0 Å².